The largest absolute Gasteiger partial charge is 0.162 e. The third-order valence-electron chi connectivity index (χ3n) is 8.01. The van der Waals surface area contributed by atoms with Gasteiger partial charge < -0.3 is 0 Å². The summed E-state index contributed by atoms with van der Waals surface area (Å²) >= 11 is 0. The lowest BCUT2D eigenvalue weighted by Crippen LogP contribution is -2.70. The van der Waals surface area contributed by atoms with E-state index in [0.29, 0.717) is 17.8 Å². The molecular weight excluding hydrogens is 460 g/mol. The van der Waals surface area contributed by atoms with Gasteiger partial charge in [0.05, 0.1) is 0 Å². The summed E-state index contributed by atoms with van der Waals surface area (Å²) in [7, 11) is -2.59. The van der Waals surface area contributed by atoms with Crippen LogP contribution >= 0.6 is 0 Å². The second kappa shape index (κ2) is 10.6. The van der Waals surface area contributed by atoms with Crippen molar-refractivity contribution in [2.24, 2.45) is 5.41 Å². The lowest BCUT2D eigenvalue weighted by Gasteiger charge is -2.38. The molecule has 0 fully saturated rings. The van der Waals surface area contributed by atoms with Crippen molar-refractivity contribution in [3.05, 3.63) is 119 Å². The number of allylic oxidation sites excluding steroid dienone is 4. The van der Waals surface area contributed by atoms with Gasteiger partial charge in [0, 0.05) is 5.54 Å². The summed E-state index contributed by atoms with van der Waals surface area (Å²) in [6.45, 7) is 20.8. The molecule has 1 aliphatic rings. The Bertz CT molecular complexity index is 1170. The highest BCUT2D eigenvalue weighted by atomic mass is 28.3. The Hall–Kier alpha value is -2.64. The fourth-order valence-electron chi connectivity index (χ4n) is 5.54. The normalized spacial score (nSPS) is 14.8. The van der Waals surface area contributed by atoms with Gasteiger partial charge in [-0.25, -0.2) is 0 Å². The molecule has 1 aliphatic carbocycles. The van der Waals surface area contributed by atoms with Gasteiger partial charge in [-0.2, -0.15) is 0 Å². The van der Waals surface area contributed by atoms with Crippen LogP contribution < -0.4 is 15.6 Å². The van der Waals surface area contributed by atoms with E-state index in [1.807, 2.05) is 0 Å². The summed E-state index contributed by atoms with van der Waals surface area (Å²) in [4.78, 5) is 0. The van der Waals surface area contributed by atoms with Gasteiger partial charge in [0.2, 0.25) is 0 Å². The average molecular weight is 506 g/mol. The molecular formula is C36H45Si. The van der Waals surface area contributed by atoms with E-state index in [-0.39, 0.29) is 5.41 Å². The molecule has 0 aromatic heterocycles. The quantitative estimate of drug-likeness (QED) is 0.224. The molecule has 0 saturated heterocycles. The zero-order valence-electron chi connectivity index (χ0n) is 24.4. The lowest BCUT2D eigenvalue weighted by molar-refractivity contribution is 0.518. The SMILES string of the molecule is CC(C)c1cccc([Si]([C]2C=CC(C(C)(C)C)=C2)(c2cccc(C(C)C)c2)c2cccc(C(C)C)c2)c1. The van der Waals surface area contributed by atoms with E-state index >= 15 is 0 Å². The lowest BCUT2D eigenvalue weighted by atomic mass is 9.87. The molecule has 0 N–H and O–H groups in total. The molecule has 0 amide bonds. The Labute approximate surface area is 227 Å². The molecule has 0 nitrogen and oxygen atoms in total. The Morgan fingerprint density at radius 2 is 0.919 bits per heavy atom. The topological polar surface area (TPSA) is 0 Å². The van der Waals surface area contributed by atoms with Gasteiger partial charge >= 0.3 is 0 Å². The zero-order valence-corrected chi connectivity index (χ0v) is 25.4. The predicted molar refractivity (Wildman–Crippen MR) is 166 cm³/mol. The molecule has 3 aromatic rings. The smallest absolute Gasteiger partial charge is 0.0750 e. The van der Waals surface area contributed by atoms with Gasteiger partial charge in [0.1, 0.15) is 0 Å². The van der Waals surface area contributed by atoms with E-state index < -0.39 is 8.07 Å². The Kier molecular flexibility index (Phi) is 7.86. The number of hydrogen-bond donors (Lipinski definition) is 0. The minimum Gasteiger partial charge on any atom is -0.0750 e. The van der Waals surface area contributed by atoms with E-state index in [9.17, 15) is 0 Å². The van der Waals surface area contributed by atoms with Gasteiger partial charge in [-0.15, -0.1) is 0 Å². The van der Waals surface area contributed by atoms with Crippen molar-refractivity contribution >= 4 is 23.6 Å². The first-order valence-corrected chi connectivity index (χ1v) is 16.0. The second-order valence-electron chi connectivity index (χ2n) is 12.7. The first-order valence-electron chi connectivity index (χ1n) is 14.0. The standard InChI is InChI=1S/C36H45Si/c1-25(2)28-13-10-16-32(21-28)37(33-17-11-14-29(22-33)26(3)4,34-18-12-15-30(23-34)27(5)6)35-20-19-31(24-35)36(7,8)9/h10-27H,1-9H3. The van der Waals surface area contributed by atoms with Crippen molar-refractivity contribution in [3.63, 3.8) is 0 Å². The molecule has 0 saturated carbocycles. The third-order valence-corrected chi connectivity index (χ3v) is 12.7. The van der Waals surface area contributed by atoms with E-state index in [1.54, 1.807) is 0 Å². The highest BCUT2D eigenvalue weighted by molar-refractivity contribution is 7.15. The maximum Gasteiger partial charge on any atom is 0.162 e. The molecule has 3 aromatic carbocycles. The maximum atomic E-state index is 2.53. The fourth-order valence-corrected chi connectivity index (χ4v) is 10.4. The van der Waals surface area contributed by atoms with E-state index in [4.69, 9.17) is 0 Å². The third kappa shape index (κ3) is 5.34. The first kappa shape index (κ1) is 27.4. The predicted octanol–water partition coefficient (Wildman–Crippen LogP) is 8.18. The van der Waals surface area contributed by atoms with Crippen LogP contribution in [-0.2, 0) is 0 Å². The van der Waals surface area contributed by atoms with Gasteiger partial charge in [0.15, 0.2) is 8.07 Å². The molecule has 0 bridgehead atoms. The molecule has 0 atom stereocenters. The van der Waals surface area contributed by atoms with Crippen molar-refractivity contribution in [1.82, 2.24) is 0 Å². The summed E-state index contributed by atoms with van der Waals surface area (Å²) in [6.07, 6.45) is 7.35. The molecule has 1 heteroatoms. The Balaban J connectivity index is 2.14. The Morgan fingerprint density at radius 3 is 1.22 bits per heavy atom. The van der Waals surface area contributed by atoms with Crippen molar-refractivity contribution in [2.45, 2.75) is 80.1 Å². The molecule has 37 heavy (non-hydrogen) atoms. The highest BCUT2D eigenvalue weighted by Gasteiger charge is 2.47. The average Bonchev–Trinajstić information content (AvgIpc) is 3.36. The van der Waals surface area contributed by atoms with Gasteiger partial charge in [-0.1, -0.05) is 153 Å². The van der Waals surface area contributed by atoms with E-state index in [0.717, 1.165) is 0 Å². The van der Waals surface area contributed by atoms with Crippen LogP contribution in [0.15, 0.2) is 96.6 Å². The summed E-state index contributed by atoms with van der Waals surface area (Å²) in [5.41, 5.74) is 7.25. The van der Waals surface area contributed by atoms with Crippen LogP contribution in [0.4, 0.5) is 0 Å². The van der Waals surface area contributed by atoms with E-state index in [2.05, 4.69) is 153 Å². The van der Waals surface area contributed by atoms with Gasteiger partial charge in [-0.05, 0) is 61.0 Å². The summed E-state index contributed by atoms with van der Waals surface area (Å²) in [5, 5.41) is 4.43. The van der Waals surface area contributed by atoms with Crippen LogP contribution in [0.5, 0.6) is 0 Å². The molecule has 0 aliphatic heterocycles. The molecule has 1 radical (unpaired) electrons. The van der Waals surface area contributed by atoms with Crippen molar-refractivity contribution < 1.29 is 0 Å². The molecule has 0 spiro atoms. The van der Waals surface area contributed by atoms with Crippen LogP contribution in [-0.4, -0.2) is 8.07 Å². The second-order valence-corrected chi connectivity index (χ2v) is 16.5. The molecule has 193 valence electrons. The highest BCUT2D eigenvalue weighted by Crippen LogP contribution is 2.37. The zero-order chi connectivity index (χ0) is 27.0. The van der Waals surface area contributed by atoms with Crippen LogP contribution in [0.25, 0.3) is 0 Å². The van der Waals surface area contributed by atoms with Crippen LogP contribution in [0, 0.1) is 11.0 Å². The van der Waals surface area contributed by atoms with Crippen LogP contribution in [0.2, 0.25) is 0 Å². The van der Waals surface area contributed by atoms with Gasteiger partial charge in [-0.3, -0.25) is 0 Å². The van der Waals surface area contributed by atoms with E-state index in [1.165, 1.54) is 43.4 Å². The molecule has 4 rings (SSSR count). The van der Waals surface area contributed by atoms with Crippen LogP contribution in [0.1, 0.15) is 96.8 Å². The summed E-state index contributed by atoms with van der Waals surface area (Å²) < 4.78 is 0. The number of hydrogen-bond acceptors (Lipinski definition) is 0. The first-order chi connectivity index (χ1) is 17.4. The van der Waals surface area contributed by atoms with Gasteiger partial charge in [0.25, 0.3) is 0 Å². The van der Waals surface area contributed by atoms with Crippen molar-refractivity contribution in [2.75, 3.05) is 0 Å². The molecule has 0 heterocycles. The molecule has 0 unspecified atom stereocenters. The monoisotopic (exact) mass is 505 g/mol. The number of rotatable bonds is 7. The van der Waals surface area contributed by atoms with Crippen LogP contribution in [0.3, 0.4) is 0 Å². The maximum absolute atomic E-state index is 2.59. The minimum atomic E-state index is -2.59. The summed E-state index contributed by atoms with van der Waals surface area (Å²) in [5.74, 6) is 1.46. The van der Waals surface area contributed by atoms with Crippen molar-refractivity contribution in [1.29, 1.82) is 0 Å². The summed E-state index contributed by atoms with van der Waals surface area (Å²) in [6, 6.07) is 28.6. The fraction of sp³-hybridized carbons (Fsp3) is 0.361. The minimum absolute atomic E-state index is 0.109. The Morgan fingerprint density at radius 1 is 0.541 bits per heavy atom. The number of benzene rings is 3. The van der Waals surface area contributed by atoms with Crippen molar-refractivity contribution in [3.8, 4) is 0 Å².